The van der Waals surface area contributed by atoms with Crippen molar-refractivity contribution in [2.45, 2.75) is 129 Å². The zero-order valence-electron chi connectivity index (χ0n) is 30.4. The minimum absolute atomic E-state index is 0.0577. The lowest BCUT2D eigenvalue weighted by atomic mass is 9.79. The van der Waals surface area contributed by atoms with E-state index in [4.69, 9.17) is 0 Å². The van der Waals surface area contributed by atoms with Crippen LogP contribution in [0.1, 0.15) is 105 Å². The average molecular weight is 724 g/mol. The lowest BCUT2D eigenvalue weighted by Gasteiger charge is -2.38. The van der Waals surface area contributed by atoms with Gasteiger partial charge in [0.15, 0.2) is 0 Å². The highest BCUT2D eigenvalue weighted by molar-refractivity contribution is 7.89. The number of rotatable bonds is 20. The van der Waals surface area contributed by atoms with E-state index < -0.39 is 55.2 Å². The number of nitrogens with zero attached hydrogens (tertiary/aromatic N) is 3. The van der Waals surface area contributed by atoms with E-state index in [0.717, 1.165) is 30.0 Å². The Hall–Kier alpha value is -1.36. The van der Waals surface area contributed by atoms with E-state index in [2.05, 4.69) is 10.1 Å². The van der Waals surface area contributed by atoms with Gasteiger partial charge >= 0.3 is 0 Å². The van der Waals surface area contributed by atoms with Crippen LogP contribution in [0.2, 0.25) is 0 Å². The van der Waals surface area contributed by atoms with Crippen LogP contribution < -0.4 is 10.1 Å². The van der Waals surface area contributed by atoms with Crippen LogP contribution in [0.3, 0.4) is 0 Å². The molecule has 0 aromatic carbocycles. The predicted octanol–water partition coefficient (Wildman–Crippen LogP) is 2.30. The highest BCUT2D eigenvalue weighted by atomic mass is 32.2. The van der Waals surface area contributed by atoms with Gasteiger partial charge in [0, 0.05) is 52.1 Å². The fourth-order valence-electron chi connectivity index (χ4n) is 7.18. The van der Waals surface area contributed by atoms with Crippen LogP contribution >= 0.6 is 0 Å². The molecule has 282 valence electrons. The van der Waals surface area contributed by atoms with Gasteiger partial charge in [-0.3, -0.25) is 9.59 Å². The first kappa shape index (κ1) is 42.8. The number of carbonyl (C=O) groups is 2. The molecule has 13 nitrogen and oxygen atoms in total. The summed E-state index contributed by atoms with van der Waals surface area (Å²) in [7, 11) is -4.50. The van der Waals surface area contributed by atoms with Crippen LogP contribution in [0.25, 0.3) is 0 Å². The summed E-state index contributed by atoms with van der Waals surface area (Å²) >= 11 is 0. The Balaban J connectivity index is 2.37. The molecule has 48 heavy (non-hydrogen) atoms. The summed E-state index contributed by atoms with van der Waals surface area (Å²) in [5.41, 5.74) is 0. The topological polar surface area (TPSA) is 177 Å². The molecule has 0 bridgehead atoms. The fourth-order valence-corrected chi connectivity index (χ4v) is 10.2. The molecule has 2 fully saturated rings. The van der Waals surface area contributed by atoms with Gasteiger partial charge in [-0.2, -0.15) is 0 Å². The Morgan fingerprint density at radius 3 is 1.94 bits per heavy atom. The molecule has 2 aliphatic carbocycles. The number of hydrogen-bond donors (Lipinski definition) is 4. The van der Waals surface area contributed by atoms with Crippen molar-refractivity contribution in [2.75, 3.05) is 46.0 Å². The normalized spacial score (nSPS) is 25.3. The summed E-state index contributed by atoms with van der Waals surface area (Å²) in [6.07, 6.45) is 4.20. The van der Waals surface area contributed by atoms with Gasteiger partial charge in [0.25, 0.3) is 0 Å². The van der Waals surface area contributed by atoms with Gasteiger partial charge < -0.3 is 20.4 Å². The van der Waals surface area contributed by atoms with Gasteiger partial charge in [0.1, 0.15) is 0 Å². The van der Waals surface area contributed by atoms with Crippen molar-refractivity contribution in [3.8, 4) is 0 Å². The Morgan fingerprint density at radius 2 is 1.42 bits per heavy atom. The van der Waals surface area contributed by atoms with E-state index >= 15 is 0 Å². The second-order valence-corrected chi connectivity index (χ2v) is 18.9. The molecule has 0 heterocycles. The Bertz CT molecular complexity index is 1200. The number of carbonyl (C=O) groups excluding carboxylic acids is 2. The van der Waals surface area contributed by atoms with Crippen molar-refractivity contribution in [3.63, 3.8) is 0 Å². The van der Waals surface area contributed by atoms with Crippen molar-refractivity contribution in [1.29, 1.82) is 0 Å². The third-order valence-corrected chi connectivity index (χ3v) is 13.4. The van der Waals surface area contributed by atoms with Crippen molar-refractivity contribution in [1.82, 2.24) is 24.4 Å². The third-order valence-electron chi connectivity index (χ3n) is 9.53. The van der Waals surface area contributed by atoms with Crippen LogP contribution in [0, 0.1) is 23.7 Å². The highest BCUT2D eigenvalue weighted by Crippen LogP contribution is 2.36. The van der Waals surface area contributed by atoms with Crippen molar-refractivity contribution < 1.29 is 36.6 Å². The summed E-state index contributed by atoms with van der Waals surface area (Å²) in [5, 5.41) is 25.3. The lowest BCUT2D eigenvalue weighted by Crippen LogP contribution is -2.55. The smallest absolute Gasteiger partial charge is 0.225 e. The number of aliphatic hydroxyl groups is 2. The maximum absolute atomic E-state index is 14.1. The minimum atomic E-state index is -3.77. The van der Waals surface area contributed by atoms with Gasteiger partial charge in [0.2, 0.25) is 31.9 Å². The molecule has 4 N–H and O–H groups in total. The molecule has 0 aliphatic heterocycles. The van der Waals surface area contributed by atoms with E-state index in [0.29, 0.717) is 45.3 Å². The lowest BCUT2D eigenvalue weighted by molar-refractivity contribution is -0.138. The fraction of sp³-hybridized carbons (Fsp3) is 0.939. The summed E-state index contributed by atoms with van der Waals surface area (Å²) < 4.78 is 53.4. The van der Waals surface area contributed by atoms with Gasteiger partial charge in [-0.05, 0) is 82.5 Å². The van der Waals surface area contributed by atoms with Gasteiger partial charge in [0.05, 0.1) is 29.3 Å². The molecule has 5 unspecified atom stereocenters. The third kappa shape index (κ3) is 13.4. The molecule has 2 amide bonds. The molecular formula is C33H65N5O8S2. The number of hydrogen-bond acceptors (Lipinski definition) is 9. The molecule has 2 saturated carbocycles. The second-order valence-electron chi connectivity index (χ2n) is 14.7. The Kier molecular flexibility index (Phi) is 17.7. The molecular weight excluding hydrogens is 659 g/mol. The molecule has 0 radical (unpaired) electrons. The summed E-state index contributed by atoms with van der Waals surface area (Å²) in [4.78, 5) is 32.2. The molecule has 0 aromatic heterocycles. The quantitative estimate of drug-likeness (QED) is 0.137. The molecule has 5 atom stereocenters. The molecule has 0 spiro atoms. The van der Waals surface area contributed by atoms with Crippen molar-refractivity contribution in [3.05, 3.63) is 0 Å². The zero-order valence-corrected chi connectivity index (χ0v) is 32.1. The highest BCUT2D eigenvalue weighted by Gasteiger charge is 2.44. The van der Waals surface area contributed by atoms with Crippen LogP contribution in [-0.2, 0) is 29.6 Å². The number of hydrazine groups is 1. The summed E-state index contributed by atoms with van der Waals surface area (Å²) in [5.74, 6) is -1.97. The zero-order chi connectivity index (χ0) is 36.2. The van der Waals surface area contributed by atoms with E-state index in [9.17, 15) is 36.6 Å². The Morgan fingerprint density at radius 1 is 0.854 bits per heavy atom. The maximum atomic E-state index is 14.1. The van der Waals surface area contributed by atoms with E-state index in [-0.39, 0.29) is 55.4 Å². The van der Waals surface area contributed by atoms with E-state index in [1.165, 1.54) is 19.1 Å². The van der Waals surface area contributed by atoms with Gasteiger partial charge in [-0.1, -0.05) is 34.6 Å². The van der Waals surface area contributed by atoms with Crippen molar-refractivity contribution >= 4 is 31.9 Å². The summed E-state index contributed by atoms with van der Waals surface area (Å²) in [6, 6.07) is -0.747. The number of amides is 2. The molecule has 15 heteroatoms. The van der Waals surface area contributed by atoms with Crippen LogP contribution in [0.4, 0.5) is 0 Å². The number of nitrogens with one attached hydrogen (secondary N) is 2. The first-order chi connectivity index (χ1) is 22.4. The number of aliphatic hydroxyl groups excluding tert-OH is 2. The van der Waals surface area contributed by atoms with Crippen molar-refractivity contribution in [2.24, 2.45) is 23.7 Å². The van der Waals surface area contributed by atoms with E-state index in [1.807, 2.05) is 34.6 Å². The molecule has 2 aliphatic rings. The maximum Gasteiger partial charge on any atom is 0.225 e. The predicted molar refractivity (Wildman–Crippen MR) is 189 cm³/mol. The SMILES string of the molecule is CCCN(CC(O)C(CC1CCC(O)CC1)NC(=O)C1CC(C(=O)N(CCC)CCC)CC(S(=O)(=O)N(C)C)C1)NS(=O)(=O)CC(C)C. The van der Waals surface area contributed by atoms with Crippen LogP contribution in [-0.4, -0.2) is 123 Å². The minimum Gasteiger partial charge on any atom is -0.393 e. The monoisotopic (exact) mass is 723 g/mol. The summed E-state index contributed by atoms with van der Waals surface area (Å²) in [6.45, 7) is 10.9. The molecule has 2 rings (SSSR count). The molecule has 0 saturated heterocycles. The largest absolute Gasteiger partial charge is 0.393 e. The first-order valence-electron chi connectivity index (χ1n) is 18.0. The van der Waals surface area contributed by atoms with E-state index in [1.54, 1.807) is 4.90 Å². The number of sulfonamides is 2. The Labute approximate surface area is 290 Å². The second kappa shape index (κ2) is 19.9. The van der Waals surface area contributed by atoms with Crippen LogP contribution in [0.5, 0.6) is 0 Å². The van der Waals surface area contributed by atoms with Gasteiger partial charge in [-0.25, -0.2) is 26.1 Å². The standard InChI is InChI=1S/C33H65N5O8S2/c1-8-15-37(16-9-2)33(42)27-19-26(20-29(21-27)48(45,46)36(6)7)32(41)34-30(18-25-11-13-28(39)14-12-25)31(40)22-38(17-10-3)35-47(43,44)23-24(4)5/h24-31,35,39-40H,8-23H2,1-7H3,(H,34,41). The van der Waals surface area contributed by atoms with Gasteiger partial charge in [-0.15, -0.1) is 4.83 Å². The molecule has 0 aromatic rings. The first-order valence-corrected chi connectivity index (χ1v) is 21.2. The van der Waals surface area contributed by atoms with Crippen LogP contribution in [0.15, 0.2) is 0 Å². The average Bonchev–Trinajstić information content (AvgIpc) is 3.00.